The van der Waals surface area contributed by atoms with E-state index < -0.39 is 0 Å². The van der Waals surface area contributed by atoms with Crippen molar-refractivity contribution in [3.8, 4) is 0 Å². The minimum atomic E-state index is -0.311. The minimum absolute atomic E-state index is 0.0692. The monoisotopic (exact) mass is 369 g/mol. The summed E-state index contributed by atoms with van der Waals surface area (Å²) < 4.78 is 0. The standard InChI is InChI=1S/C21H24ClN3O/c1-2-12-25(16-18-8-3-4-10-19(18)22)21(26)20(24-13-5-6-14-24)17-9-7-11-23-15-17/h2-4,7-11,15,20H,1,5-6,12-14,16H2/t20-/m0/s1. The van der Waals surface area contributed by atoms with Crippen LogP contribution in [0.5, 0.6) is 0 Å². The van der Waals surface area contributed by atoms with Crippen molar-refractivity contribution >= 4 is 17.5 Å². The maximum Gasteiger partial charge on any atom is 0.245 e. The van der Waals surface area contributed by atoms with Crippen molar-refractivity contribution in [3.05, 3.63) is 77.6 Å². The third kappa shape index (κ3) is 4.32. The number of rotatable bonds is 7. The van der Waals surface area contributed by atoms with Gasteiger partial charge in [0.25, 0.3) is 0 Å². The molecule has 1 aliphatic heterocycles. The van der Waals surface area contributed by atoms with Crippen LogP contribution in [0, 0.1) is 0 Å². The van der Waals surface area contributed by atoms with Crippen LogP contribution in [0.15, 0.2) is 61.4 Å². The summed E-state index contributed by atoms with van der Waals surface area (Å²) in [6.45, 7) is 6.63. The number of hydrogen-bond donors (Lipinski definition) is 0. The summed E-state index contributed by atoms with van der Waals surface area (Å²) in [6.07, 6.45) is 7.54. The molecule has 0 bridgehead atoms. The first kappa shape index (κ1) is 18.6. The molecule has 5 heteroatoms. The number of carbonyl (C=O) groups excluding carboxylic acids is 1. The zero-order valence-corrected chi connectivity index (χ0v) is 15.6. The van der Waals surface area contributed by atoms with Crippen LogP contribution in [0.2, 0.25) is 5.02 Å². The summed E-state index contributed by atoms with van der Waals surface area (Å²) in [6, 6.07) is 11.2. The largest absolute Gasteiger partial charge is 0.333 e. The Bertz CT molecular complexity index is 744. The van der Waals surface area contributed by atoms with Gasteiger partial charge < -0.3 is 4.90 Å². The van der Waals surface area contributed by atoms with Crippen LogP contribution in [-0.2, 0) is 11.3 Å². The van der Waals surface area contributed by atoms with Gasteiger partial charge in [0.2, 0.25) is 5.91 Å². The second-order valence-corrected chi connectivity index (χ2v) is 6.94. The fraction of sp³-hybridized carbons (Fsp3) is 0.333. The summed E-state index contributed by atoms with van der Waals surface area (Å²) in [7, 11) is 0. The Balaban J connectivity index is 1.89. The van der Waals surface area contributed by atoms with Crippen LogP contribution >= 0.6 is 11.6 Å². The lowest BCUT2D eigenvalue weighted by Crippen LogP contribution is -2.42. The fourth-order valence-corrected chi connectivity index (χ4v) is 3.64. The van der Waals surface area contributed by atoms with E-state index in [-0.39, 0.29) is 11.9 Å². The van der Waals surface area contributed by atoms with E-state index in [0.717, 1.165) is 37.1 Å². The molecule has 0 radical (unpaired) electrons. The highest BCUT2D eigenvalue weighted by atomic mass is 35.5. The molecule has 3 rings (SSSR count). The fourth-order valence-electron chi connectivity index (χ4n) is 3.44. The molecule has 2 aromatic rings. The van der Waals surface area contributed by atoms with Gasteiger partial charge >= 0.3 is 0 Å². The highest BCUT2D eigenvalue weighted by Crippen LogP contribution is 2.28. The molecule has 1 aliphatic rings. The normalized spacial score (nSPS) is 15.6. The van der Waals surface area contributed by atoms with E-state index in [2.05, 4.69) is 16.5 Å². The Morgan fingerprint density at radius 1 is 1.27 bits per heavy atom. The van der Waals surface area contributed by atoms with Crippen LogP contribution in [0.3, 0.4) is 0 Å². The molecular weight excluding hydrogens is 346 g/mol. The highest BCUT2D eigenvalue weighted by molar-refractivity contribution is 6.31. The molecule has 26 heavy (non-hydrogen) atoms. The van der Waals surface area contributed by atoms with Crippen LogP contribution in [0.25, 0.3) is 0 Å². The smallest absolute Gasteiger partial charge is 0.245 e. The first-order valence-corrected chi connectivity index (χ1v) is 9.35. The van der Waals surface area contributed by atoms with Crippen molar-refractivity contribution in [2.75, 3.05) is 19.6 Å². The van der Waals surface area contributed by atoms with Gasteiger partial charge in [0, 0.05) is 30.5 Å². The lowest BCUT2D eigenvalue weighted by molar-refractivity contribution is -0.137. The van der Waals surface area contributed by atoms with Gasteiger partial charge in [-0.3, -0.25) is 14.7 Å². The van der Waals surface area contributed by atoms with E-state index in [0.29, 0.717) is 18.1 Å². The molecule has 0 spiro atoms. The zero-order chi connectivity index (χ0) is 18.4. The molecule has 1 amide bonds. The Labute approximate surface area is 160 Å². The van der Waals surface area contributed by atoms with Crippen LogP contribution in [-0.4, -0.2) is 40.3 Å². The number of amides is 1. The lowest BCUT2D eigenvalue weighted by Gasteiger charge is -2.32. The van der Waals surface area contributed by atoms with Gasteiger partial charge in [0.1, 0.15) is 6.04 Å². The number of hydrogen-bond acceptors (Lipinski definition) is 3. The van der Waals surface area contributed by atoms with Gasteiger partial charge in [0.15, 0.2) is 0 Å². The Morgan fingerprint density at radius 2 is 2.04 bits per heavy atom. The highest BCUT2D eigenvalue weighted by Gasteiger charge is 2.32. The topological polar surface area (TPSA) is 36.4 Å². The number of carbonyl (C=O) groups is 1. The van der Waals surface area contributed by atoms with E-state index in [1.165, 1.54) is 0 Å². The maximum absolute atomic E-state index is 13.5. The number of aromatic nitrogens is 1. The van der Waals surface area contributed by atoms with Gasteiger partial charge in [-0.2, -0.15) is 0 Å². The molecule has 0 saturated carbocycles. The van der Waals surface area contributed by atoms with Gasteiger partial charge in [-0.25, -0.2) is 0 Å². The second-order valence-electron chi connectivity index (χ2n) is 6.53. The predicted molar refractivity (Wildman–Crippen MR) is 105 cm³/mol. The second kappa shape index (κ2) is 8.97. The molecule has 4 nitrogen and oxygen atoms in total. The molecule has 0 N–H and O–H groups in total. The molecule has 136 valence electrons. The lowest BCUT2D eigenvalue weighted by atomic mass is 10.1. The molecule has 1 saturated heterocycles. The zero-order valence-electron chi connectivity index (χ0n) is 14.9. The van der Waals surface area contributed by atoms with E-state index >= 15 is 0 Å². The number of halogens is 1. The SMILES string of the molecule is C=CCN(Cc1ccccc1Cl)C(=O)[C@H](c1cccnc1)N1CCCC1. The third-order valence-corrected chi connectivity index (χ3v) is 5.09. The first-order valence-electron chi connectivity index (χ1n) is 8.97. The molecule has 1 atom stereocenters. The molecular formula is C21H24ClN3O. The first-order chi connectivity index (χ1) is 12.7. The quantitative estimate of drug-likeness (QED) is 0.690. The van der Waals surface area contributed by atoms with Crippen LogP contribution < -0.4 is 0 Å². The van der Waals surface area contributed by atoms with E-state index in [1.54, 1.807) is 18.5 Å². The summed E-state index contributed by atoms with van der Waals surface area (Å²) in [5, 5.41) is 0.675. The average Bonchev–Trinajstić information content (AvgIpc) is 3.18. The number of nitrogens with zero attached hydrogens (tertiary/aromatic N) is 3. The number of pyridine rings is 1. The van der Waals surface area contributed by atoms with E-state index in [4.69, 9.17) is 11.6 Å². The van der Waals surface area contributed by atoms with E-state index in [1.807, 2.05) is 41.3 Å². The maximum atomic E-state index is 13.5. The molecule has 0 unspecified atom stereocenters. The van der Waals surface area contributed by atoms with Gasteiger partial charge in [-0.05, 0) is 49.2 Å². The van der Waals surface area contributed by atoms with Crippen molar-refractivity contribution in [3.63, 3.8) is 0 Å². The Morgan fingerprint density at radius 3 is 2.69 bits per heavy atom. The predicted octanol–water partition coefficient (Wildman–Crippen LogP) is 4.09. The molecule has 1 aromatic carbocycles. The number of benzene rings is 1. The molecule has 1 fully saturated rings. The average molecular weight is 370 g/mol. The van der Waals surface area contributed by atoms with Crippen molar-refractivity contribution in [1.29, 1.82) is 0 Å². The minimum Gasteiger partial charge on any atom is -0.333 e. The molecule has 2 heterocycles. The summed E-state index contributed by atoms with van der Waals surface area (Å²) >= 11 is 6.31. The summed E-state index contributed by atoms with van der Waals surface area (Å²) in [5.74, 6) is 0.0692. The summed E-state index contributed by atoms with van der Waals surface area (Å²) in [5.41, 5.74) is 1.88. The summed E-state index contributed by atoms with van der Waals surface area (Å²) in [4.78, 5) is 21.8. The van der Waals surface area contributed by atoms with Crippen LogP contribution in [0.4, 0.5) is 0 Å². The Hall–Kier alpha value is -2.17. The van der Waals surface area contributed by atoms with Gasteiger partial charge in [-0.15, -0.1) is 6.58 Å². The van der Waals surface area contributed by atoms with Gasteiger partial charge in [0.05, 0.1) is 0 Å². The van der Waals surface area contributed by atoms with Crippen molar-refractivity contribution in [2.24, 2.45) is 0 Å². The molecule has 1 aromatic heterocycles. The van der Waals surface area contributed by atoms with Crippen molar-refractivity contribution in [2.45, 2.75) is 25.4 Å². The van der Waals surface area contributed by atoms with Crippen molar-refractivity contribution in [1.82, 2.24) is 14.8 Å². The van der Waals surface area contributed by atoms with Crippen LogP contribution in [0.1, 0.15) is 30.0 Å². The van der Waals surface area contributed by atoms with Gasteiger partial charge in [-0.1, -0.05) is 41.9 Å². The number of likely N-dealkylation sites (tertiary alicyclic amines) is 1. The Kier molecular flexibility index (Phi) is 6.42. The van der Waals surface area contributed by atoms with Crippen molar-refractivity contribution < 1.29 is 4.79 Å². The van der Waals surface area contributed by atoms with E-state index in [9.17, 15) is 4.79 Å². The molecule has 0 aliphatic carbocycles. The third-order valence-electron chi connectivity index (χ3n) is 4.72.